The Kier molecular flexibility index (Phi) is 8.32. The van der Waals surface area contributed by atoms with Crippen molar-refractivity contribution >= 4 is 18.0 Å². The van der Waals surface area contributed by atoms with Crippen LogP contribution in [0, 0.1) is 0 Å². The van der Waals surface area contributed by atoms with Crippen LogP contribution in [0.3, 0.4) is 0 Å². The van der Waals surface area contributed by atoms with Crippen LogP contribution in [-0.2, 0) is 4.74 Å². The first kappa shape index (κ1) is 23.3. The van der Waals surface area contributed by atoms with Crippen LogP contribution in [-0.4, -0.2) is 74.8 Å². The van der Waals surface area contributed by atoms with Gasteiger partial charge in [0.15, 0.2) is 5.96 Å². The molecule has 0 spiro atoms. The first-order valence-electron chi connectivity index (χ1n) is 10.1. The first-order chi connectivity index (χ1) is 14.2. The monoisotopic (exact) mass is 419 g/mol. The number of methoxy groups -OCH3 is 1. The van der Waals surface area contributed by atoms with Gasteiger partial charge in [-0.25, -0.2) is 4.79 Å². The van der Waals surface area contributed by atoms with Gasteiger partial charge in [-0.15, -0.1) is 0 Å². The molecule has 0 saturated carbocycles. The Morgan fingerprint density at radius 2 is 1.83 bits per heavy atom. The number of benzene rings is 1. The highest BCUT2D eigenvalue weighted by atomic mass is 16.6. The second-order valence-electron chi connectivity index (χ2n) is 8.04. The SMILES string of the molecule is CN=C(NCCNC(=O)c1ccc(OC)cc1)N1CCC(NC(=O)OC(C)(C)C)C1. The average molecular weight is 420 g/mol. The Hall–Kier alpha value is -2.97. The number of amides is 2. The number of carbonyl (C=O) groups excluding carboxylic acids is 2. The third kappa shape index (κ3) is 7.46. The number of ether oxygens (including phenoxy) is 2. The van der Waals surface area contributed by atoms with Crippen molar-refractivity contribution in [3.05, 3.63) is 29.8 Å². The van der Waals surface area contributed by atoms with E-state index in [9.17, 15) is 9.59 Å². The van der Waals surface area contributed by atoms with Gasteiger partial charge in [0.1, 0.15) is 11.4 Å². The molecule has 1 aromatic rings. The van der Waals surface area contributed by atoms with Crippen LogP contribution in [0.5, 0.6) is 5.75 Å². The lowest BCUT2D eigenvalue weighted by molar-refractivity contribution is 0.0507. The van der Waals surface area contributed by atoms with E-state index in [1.165, 1.54) is 0 Å². The van der Waals surface area contributed by atoms with E-state index in [1.54, 1.807) is 38.4 Å². The summed E-state index contributed by atoms with van der Waals surface area (Å²) in [6, 6.07) is 6.97. The van der Waals surface area contributed by atoms with Gasteiger partial charge in [-0.1, -0.05) is 0 Å². The summed E-state index contributed by atoms with van der Waals surface area (Å²) < 4.78 is 10.4. The van der Waals surface area contributed by atoms with Crippen LogP contribution in [0.4, 0.5) is 4.79 Å². The van der Waals surface area contributed by atoms with Gasteiger partial charge in [0.2, 0.25) is 0 Å². The molecule has 1 heterocycles. The van der Waals surface area contributed by atoms with Crippen molar-refractivity contribution in [1.82, 2.24) is 20.9 Å². The minimum atomic E-state index is -0.518. The summed E-state index contributed by atoms with van der Waals surface area (Å²) in [5.41, 5.74) is 0.0618. The molecule has 1 saturated heterocycles. The van der Waals surface area contributed by atoms with E-state index in [0.717, 1.165) is 18.9 Å². The summed E-state index contributed by atoms with van der Waals surface area (Å²) in [5, 5.41) is 9.02. The minimum Gasteiger partial charge on any atom is -0.497 e. The number of guanidine groups is 1. The lowest BCUT2D eigenvalue weighted by Gasteiger charge is -2.23. The molecule has 1 fully saturated rings. The third-order valence-electron chi connectivity index (χ3n) is 4.47. The van der Waals surface area contributed by atoms with Gasteiger partial charge in [0.05, 0.1) is 13.2 Å². The number of rotatable bonds is 6. The summed E-state index contributed by atoms with van der Waals surface area (Å²) in [4.78, 5) is 30.5. The Labute approximate surface area is 178 Å². The van der Waals surface area contributed by atoms with Gasteiger partial charge >= 0.3 is 6.09 Å². The zero-order valence-corrected chi connectivity index (χ0v) is 18.4. The van der Waals surface area contributed by atoms with Gasteiger partial charge in [0.25, 0.3) is 5.91 Å². The fourth-order valence-electron chi connectivity index (χ4n) is 3.07. The Bertz CT molecular complexity index is 743. The number of carbonyl (C=O) groups is 2. The van der Waals surface area contributed by atoms with Gasteiger partial charge in [-0.2, -0.15) is 0 Å². The predicted octanol–water partition coefficient (Wildman–Crippen LogP) is 1.60. The molecule has 1 aliphatic heterocycles. The van der Waals surface area contributed by atoms with E-state index >= 15 is 0 Å². The van der Waals surface area contributed by atoms with E-state index in [0.29, 0.717) is 30.9 Å². The van der Waals surface area contributed by atoms with Crippen LogP contribution in [0.2, 0.25) is 0 Å². The second-order valence-corrected chi connectivity index (χ2v) is 8.04. The van der Waals surface area contributed by atoms with E-state index in [4.69, 9.17) is 9.47 Å². The molecule has 3 N–H and O–H groups in total. The molecule has 2 amide bonds. The summed E-state index contributed by atoms with van der Waals surface area (Å²) in [6.07, 6.45) is 0.410. The zero-order valence-electron chi connectivity index (χ0n) is 18.4. The molecule has 1 unspecified atom stereocenters. The number of aliphatic imine (C=N–C) groups is 1. The number of likely N-dealkylation sites (tertiary alicyclic amines) is 1. The topological polar surface area (TPSA) is 104 Å². The molecule has 1 atom stereocenters. The van der Waals surface area contributed by atoms with Crippen LogP contribution >= 0.6 is 0 Å². The van der Waals surface area contributed by atoms with Crippen LogP contribution in [0.15, 0.2) is 29.3 Å². The summed E-state index contributed by atoms with van der Waals surface area (Å²) in [5.74, 6) is 1.31. The van der Waals surface area contributed by atoms with Gasteiger partial charge < -0.3 is 30.3 Å². The Balaban J connectivity index is 1.71. The van der Waals surface area contributed by atoms with E-state index in [-0.39, 0.29) is 11.9 Å². The minimum absolute atomic E-state index is 0.00757. The maximum absolute atomic E-state index is 12.2. The van der Waals surface area contributed by atoms with Crippen LogP contribution in [0.1, 0.15) is 37.6 Å². The second kappa shape index (κ2) is 10.7. The molecule has 30 heavy (non-hydrogen) atoms. The Morgan fingerprint density at radius 1 is 1.17 bits per heavy atom. The standard InChI is InChI=1S/C21H33N5O4/c1-21(2,3)30-20(28)25-16-10-13-26(14-16)19(22-4)24-12-11-23-18(27)15-6-8-17(29-5)9-7-15/h6-9,16H,10-14H2,1-5H3,(H,22,24)(H,23,27)(H,25,28). The molecule has 0 aliphatic carbocycles. The smallest absolute Gasteiger partial charge is 0.407 e. The zero-order chi connectivity index (χ0) is 22.1. The van der Waals surface area contributed by atoms with E-state index in [2.05, 4.69) is 25.8 Å². The van der Waals surface area contributed by atoms with Crippen LogP contribution < -0.4 is 20.7 Å². The molecule has 0 radical (unpaired) electrons. The van der Waals surface area contributed by atoms with Crippen molar-refractivity contribution < 1.29 is 19.1 Å². The van der Waals surface area contributed by atoms with Crippen molar-refractivity contribution in [2.75, 3.05) is 40.3 Å². The average Bonchev–Trinajstić information content (AvgIpc) is 3.14. The highest BCUT2D eigenvalue weighted by Crippen LogP contribution is 2.12. The van der Waals surface area contributed by atoms with Crippen molar-refractivity contribution in [2.45, 2.75) is 38.8 Å². The molecular formula is C21H33N5O4. The number of nitrogens with zero attached hydrogens (tertiary/aromatic N) is 2. The maximum atomic E-state index is 12.2. The number of nitrogens with one attached hydrogen (secondary N) is 3. The maximum Gasteiger partial charge on any atom is 0.407 e. The van der Waals surface area contributed by atoms with Crippen molar-refractivity contribution in [1.29, 1.82) is 0 Å². The van der Waals surface area contributed by atoms with Crippen molar-refractivity contribution in [2.24, 2.45) is 4.99 Å². The predicted molar refractivity (Wildman–Crippen MR) is 116 cm³/mol. The van der Waals surface area contributed by atoms with Crippen molar-refractivity contribution in [3.8, 4) is 5.75 Å². The van der Waals surface area contributed by atoms with Crippen LogP contribution in [0.25, 0.3) is 0 Å². The number of alkyl carbamates (subject to hydrolysis) is 1. The van der Waals surface area contributed by atoms with Gasteiger partial charge in [0, 0.05) is 38.8 Å². The normalized spacial score (nSPS) is 16.8. The molecule has 2 rings (SSSR count). The van der Waals surface area contributed by atoms with E-state index in [1.807, 2.05) is 20.8 Å². The largest absolute Gasteiger partial charge is 0.497 e. The summed E-state index contributed by atoms with van der Waals surface area (Å²) >= 11 is 0. The highest BCUT2D eigenvalue weighted by molar-refractivity contribution is 5.94. The summed E-state index contributed by atoms with van der Waals surface area (Å²) in [6.45, 7) is 7.94. The molecule has 0 aromatic heterocycles. The highest BCUT2D eigenvalue weighted by Gasteiger charge is 2.27. The van der Waals surface area contributed by atoms with E-state index < -0.39 is 11.7 Å². The number of hydrogen-bond donors (Lipinski definition) is 3. The lowest BCUT2D eigenvalue weighted by Crippen LogP contribution is -2.45. The fraction of sp³-hybridized carbons (Fsp3) is 0.571. The molecular weight excluding hydrogens is 386 g/mol. The first-order valence-corrected chi connectivity index (χ1v) is 10.1. The molecule has 0 bridgehead atoms. The van der Waals surface area contributed by atoms with Gasteiger partial charge in [-0.05, 0) is 51.5 Å². The van der Waals surface area contributed by atoms with Gasteiger partial charge in [-0.3, -0.25) is 9.79 Å². The molecule has 9 nitrogen and oxygen atoms in total. The molecule has 166 valence electrons. The fourth-order valence-corrected chi connectivity index (χ4v) is 3.07. The van der Waals surface area contributed by atoms with Crippen molar-refractivity contribution in [3.63, 3.8) is 0 Å². The third-order valence-corrected chi connectivity index (χ3v) is 4.47. The Morgan fingerprint density at radius 3 is 2.43 bits per heavy atom. The lowest BCUT2D eigenvalue weighted by atomic mass is 10.2. The number of hydrogen-bond acceptors (Lipinski definition) is 5. The summed E-state index contributed by atoms with van der Waals surface area (Å²) in [7, 11) is 3.30. The molecule has 1 aliphatic rings. The molecule has 9 heteroatoms. The quantitative estimate of drug-likeness (QED) is 0.368. The molecule has 1 aromatic carbocycles.